The van der Waals surface area contributed by atoms with E-state index in [1.165, 1.54) is 0 Å². The standard InChI is InChI=1S/C10H18N2O3/c1-3-14-9(2)15-7-10(13)6-12-5-4-11-8-12/h4-5,8-10,13H,3,6-7H2,1-2H3. The van der Waals surface area contributed by atoms with E-state index in [0.29, 0.717) is 13.2 Å². The second-order valence-electron chi connectivity index (χ2n) is 3.27. The molecule has 0 radical (unpaired) electrons. The third-order valence-corrected chi connectivity index (χ3v) is 1.91. The fourth-order valence-corrected chi connectivity index (χ4v) is 1.22. The number of aliphatic hydroxyl groups excluding tert-OH is 1. The lowest BCUT2D eigenvalue weighted by molar-refractivity contribution is -0.144. The zero-order valence-electron chi connectivity index (χ0n) is 9.17. The molecule has 15 heavy (non-hydrogen) atoms. The summed E-state index contributed by atoms with van der Waals surface area (Å²) in [5, 5.41) is 9.61. The highest BCUT2D eigenvalue weighted by Crippen LogP contribution is 1.98. The molecule has 2 atom stereocenters. The zero-order chi connectivity index (χ0) is 11.1. The first kappa shape index (κ1) is 12.2. The van der Waals surface area contributed by atoms with E-state index in [4.69, 9.17) is 9.47 Å². The molecule has 0 spiro atoms. The second-order valence-corrected chi connectivity index (χ2v) is 3.27. The summed E-state index contributed by atoms with van der Waals surface area (Å²) in [6.07, 6.45) is 4.33. The first-order chi connectivity index (χ1) is 7.22. The van der Waals surface area contributed by atoms with Crippen molar-refractivity contribution < 1.29 is 14.6 Å². The van der Waals surface area contributed by atoms with Gasteiger partial charge in [0.05, 0.1) is 25.6 Å². The van der Waals surface area contributed by atoms with Crippen LogP contribution in [-0.2, 0) is 16.0 Å². The Labute approximate surface area is 89.6 Å². The molecule has 0 saturated heterocycles. The van der Waals surface area contributed by atoms with Crippen LogP contribution in [0.5, 0.6) is 0 Å². The molecule has 1 aromatic rings. The van der Waals surface area contributed by atoms with E-state index >= 15 is 0 Å². The minimum absolute atomic E-state index is 0.263. The molecule has 0 aliphatic rings. The third kappa shape index (κ3) is 4.92. The summed E-state index contributed by atoms with van der Waals surface area (Å²) in [6, 6.07) is 0. The Morgan fingerprint density at radius 3 is 2.87 bits per heavy atom. The molecule has 1 rings (SSSR count). The van der Waals surface area contributed by atoms with E-state index in [2.05, 4.69) is 4.98 Å². The molecule has 0 amide bonds. The minimum Gasteiger partial charge on any atom is -0.389 e. The third-order valence-electron chi connectivity index (χ3n) is 1.91. The van der Waals surface area contributed by atoms with Crippen molar-refractivity contribution in [3.8, 4) is 0 Å². The highest BCUT2D eigenvalue weighted by molar-refractivity contribution is 4.75. The topological polar surface area (TPSA) is 56.5 Å². The lowest BCUT2D eigenvalue weighted by Gasteiger charge is -2.16. The van der Waals surface area contributed by atoms with Crippen LogP contribution >= 0.6 is 0 Å². The quantitative estimate of drug-likeness (QED) is 0.677. The van der Waals surface area contributed by atoms with Crippen LogP contribution in [0.4, 0.5) is 0 Å². The van der Waals surface area contributed by atoms with Crippen molar-refractivity contribution in [3.05, 3.63) is 18.7 Å². The molecule has 0 bridgehead atoms. The van der Waals surface area contributed by atoms with Gasteiger partial charge < -0.3 is 19.1 Å². The van der Waals surface area contributed by atoms with Crippen LogP contribution < -0.4 is 0 Å². The SMILES string of the molecule is CCOC(C)OCC(O)Cn1ccnc1. The molecule has 5 heteroatoms. The van der Waals surface area contributed by atoms with Gasteiger partial charge in [-0.1, -0.05) is 0 Å². The maximum Gasteiger partial charge on any atom is 0.154 e. The van der Waals surface area contributed by atoms with Gasteiger partial charge in [-0.25, -0.2) is 4.98 Å². The van der Waals surface area contributed by atoms with Gasteiger partial charge >= 0.3 is 0 Å². The number of hydrogen-bond acceptors (Lipinski definition) is 4. The van der Waals surface area contributed by atoms with Crippen molar-refractivity contribution in [2.45, 2.75) is 32.8 Å². The number of rotatable bonds is 7. The Bertz CT molecular complexity index is 251. The lowest BCUT2D eigenvalue weighted by atomic mass is 10.4. The predicted molar refractivity (Wildman–Crippen MR) is 55.3 cm³/mol. The molecule has 0 aliphatic heterocycles. The van der Waals surface area contributed by atoms with Gasteiger partial charge in [0.15, 0.2) is 6.29 Å². The summed E-state index contributed by atoms with van der Waals surface area (Å²) in [5.41, 5.74) is 0. The Hall–Kier alpha value is -0.910. The number of ether oxygens (including phenoxy) is 2. The van der Waals surface area contributed by atoms with Gasteiger partial charge in [0.25, 0.3) is 0 Å². The summed E-state index contributed by atoms with van der Waals surface area (Å²) in [6.45, 7) is 5.08. The van der Waals surface area contributed by atoms with Crippen LogP contribution in [0.25, 0.3) is 0 Å². The summed E-state index contributed by atoms with van der Waals surface area (Å²) in [5.74, 6) is 0. The molecular formula is C10H18N2O3. The van der Waals surface area contributed by atoms with Gasteiger partial charge in [-0.05, 0) is 13.8 Å². The monoisotopic (exact) mass is 214 g/mol. The average molecular weight is 214 g/mol. The van der Waals surface area contributed by atoms with E-state index in [9.17, 15) is 5.11 Å². The van der Waals surface area contributed by atoms with Gasteiger partial charge in [0.2, 0.25) is 0 Å². The molecule has 1 N–H and O–H groups in total. The molecule has 0 fully saturated rings. The number of nitrogens with zero attached hydrogens (tertiary/aromatic N) is 2. The van der Waals surface area contributed by atoms with Gasteiger partial charge in [-0.15, -0.1) is 0 Å². The van der Waals surface area contributed by atoms with Crippen LogP contribution in [-0.4, -0.2) is 40.3 Å². The summed E-state index contributed by atoms with van der Waals surface area (Å²) in [7, 11) is 0. The Balaban J connectivity index is 2.16. The van der Waals surface area contributed by atoms with Crippen LogP contribution in [0, 0.1) is 0 Å². The molecule has 0 saturated carbocycles. The van der Waals surface area contributed by atoms with Gasteiger partial charge in [0.1, 0.15) is 0 Å². The van der Waals surface area contributed by atoms with Gasteiger partial charge in [-0.3, -0.25) is 0 Å². The van der Waals surface area contributed by atoms with Crippen LogP contribution in [0.3, 0.4) is 0 Å². The van der Waals surface area contributed by atoms with Crippen molar-refractivity contribution >= 4 is 0 Å². The van der Waals surface area contributed by atoms with E-state index < -0.39 is 6.10 Å². The number of aliphatic hydroxyl groups is 1. The van der Waals surface area contributed by atoms with E-state index in [1.54, 1.807) is 23.3 Å². The number of hydrogen-bond donors (Lipinski definition) is 1. The highest BCUT2D eigenvalue weighted by Gasteiger charge is 2.08. The van der Waals surface area contributed by atoms with Crippen LogP contribution in [0.2, 0.25) is 0 Å². The maximum absolute atomic E-state index is 9.61. The fourth-order valence-electron chi connectivity index (χ4n) is 1.22. The molecule has 0 aliphatic carbocycles. The largest absolute Gasteiger partial charge is 0.389 e. The summed E-state index contributed by atoms with van der Waals surface area (Å²) in [4.78, 5) is 3.89. The zero-order valence-corrected chi connectivity index (χ0v) is 9.17. The van der Waals surface area contributed by atoms with Crippen molar-refractivity contribution in [2.24, 2.45) is 0 Å². The molecule has 2 unspecified atom stereocenters. The lowest BCUT2D eigenvalue weighted by Crippen LogP contribution is -2.25. The van der Waals surface area contributed by atoms with Crippen molar-refractivity contribution in [1.29, 1.82) is 0 Å². The van der Waals surface area contributed by atoms with Crippen molar-refractivity contribution in [1.82, 2.24) is 9.55 Å². The Morgan fingerprint density at radius 1 is 1.47 bits per heavy atom. The average Bonchev–Trinajstić information content (AvgIpc) is 2.68. The molecule has 1 aromatic heterocycles. The Morgan fingerprint density at radius 2 is 2.27 bits per heavy atom. The minimum atomic E-state index is -0.540. The first-order valence-electron chi connectivity index (χ1n) is 5.09. The highest BCUT2D eigenvalue weighted by atomic mass is 16.7. The van der Waals surface area contributed by atoms with Gasteiger partial charge in [0, 0.05) is 19.0 Å². The van der Waals surface area contributed by atoms with E-state index in [1.807, 2.05) is 13.8 Å². The molecule has 0 aromatic carbocycles. The van der Waals surface area contributed by atoms with Crippen molar-refractivity contribution in [2.75, 3.05) is 13.2 Å². The summed E-state index contributed by atoms with van der Waals surface area (Å²) < 4.78 is 12.3. The van der Waals surface area contributed by atoms with Crippen LogP contribution in [0.1, 0.15) is 13.8 Å². The molecular weight excluding hydrogens is 196 g/mol. The van der Waals surface area contributed by atoms with E-state index in [0.717, 1.165) is 0 Å². The molecule has 5 nitrogen and oxygen atoms in total. The Kier molecular flexibility index (Phi) is 5.31. The molecule has 86 valence electrons. The van der Waals surface area contributed by atoms with Crippen molar-refractivity contribution in [3.63, 3.8) is 0 Å². The van der Waals surface area contributed by atoms with E-state index in [-0.39, 0.29) is 12.9 Å². The van der Waals surface area contributed by atoms with Crippen LogP contribution in [0.15, 0.2) is 18.7 Å². The second kappa shape index (κ2) is 6.55. The molecule has 1 heterocycles. The predicted octanol–water partition coefficient (Wildman–Crippen LogP) is 0.643. The smallest absolute Gasteiger partial charge is 0.154 e. The normalized spacial score (nSPS) is 15.1. The fraction of sp³-hybridized carbons (Fsp3) is 0.700. The maximum atomic E-state index is 9.61. The summed E-state index contributed by atoms with van der Waals surface area (Å²) >= 11 is 0. The first-order valence-corrected chi connectivity index (χ1v) is 5.09. The van der Waals surface area contributed by atoms with Gasteiger partial charge in [-0.2, -0.15) is 0 Å². The number of imidazole rings is 1. The number of aromatic nitrogens is 2.